The van der Waals surface area contributed by atoms with Gasteiger partial charge in [-0.2, -0.15) is 0 Å². The average Bonchev–Trinajstić information content (AvgIpc) is 3.09. The van der Waals surface area contributed by atoms with Crippen LogP contribution in [0.4, 0.5) is 5.13 Å². The Morgan fingerprint density at radius 1 is 1.36 bits per heavy atom. The van der Waals surface area contributed by atoms with Gasteiger partial charge in [0, 0.05) is 23.0 Å². The lowest BCUT2D eigenvalue weighted by molar-refractivity contribution is 0.193. The number of aromatic nitrogens is 1. The van der Waals surface area contributed by atoms with Crippen molar-refractivity contribution in [2.45, 2.75) is 26.4 Å². The van der Waals surface area contributed by atoms with Crippen LogP contribution in [0.15, 0.2) is 40.9 Å². The lowest BCUT2D eigenvalue weighted by Gasteiger charge is -2.25. The van der Waals surface area contributed by atoms with Crippen LogP contribution in [-0.4, -0.2) is 16.4 Å². The second-order valence-corrected chi connectivity index (χ2v) is 6.24. The van der Waals surface area contributed by atoms with E-state index in [1.54, 1.807) is 11.3 Å². The highest BCUT2D eigenvalue weighted by Crippen LogP contribution is 2.29. The quantitative estimate of drug-likeness (QED) is 0.746. The van der Waals surface area contributed by atoms with Crippen molar-refractivity contribution in [2.24, 2.45) is 0 Å². The third-order valence-electron chi connectivity index (χ3n) is 3.74. The van der Waals surface area contributed by atoms with Gasteiger partial charge < -0.3 is 10.2 Å². The smallest absolute Gasteiger partial charge is 0.180 e. The van der Waals surface area contributed by atoms with E-state index in [1.807, 2.05) is 24.4 Å². The Hall–Kier alpha value is -1.56. The number of halogens is 1. The third-order valence-corrected chi connectivity index (χ3v) is 4.55. The van der Waals surface area contributed by atoms with Crippen molar-refractivity contribution >= 4 is 39.8 Å². The number of nitrogen functional groups attached to an aromatic ring is 1. The first-order valence-corrected chi connectivity index (χ1v) is 7.91. The van der Waals surface area contributed by atoms with Crippen molar-refractivity contribution in [1.82, 2.24) is 9.88 Å². The second kappa shape index (κ2) is 7.13. The summed E-state index contributed by atoms with van der Waals surface area (Å²) in [5, 5.41) is 1.77. The van der Waals surface area contributed by atoms with Crippen molar-refractivity contribution in [3.63, 3.8) is 0 Å². The van der Waals surface area contributed by atoms with E-state index in [1.165, 1.54) is 4.88 Å². The van der Waals surface area contributed by atoms with Gasteiger partial charge in [0.2, 0.25) is 0 Å². The zero-order valence-electron chi connectivity index (χ0n) is 12.7. The number of furan rings is 1. The summed E-state index contributed by atoms with van der Waals surface area (Å²) in [6, 6.07) is 10.5. The van der Waals surface area contributed by atoms with Gasteiger partial charge in [-0.3, -0.25) is 4.90 Å². The molecule has 2 heterocycles. The monoisotopic (exact) mass is 337 g/mol. The van der Waals surface area contributed by atoms with Gasteiger partial charge in [-0.1, -0.05) is 25.1 Å². The highest BCUT2D eigenvalue weighted by Gasteiger charge is 2.19. The van der Waals surface area contributed by atoms with Crippen molar-refractivity contribution in [1.29, 1.82) is 0 Å². The molecule has 6 heteroatoms. The molecule has 1 aromatic carbocycles. The zero-order valence-corrected chi connectivity index (χ0v) is 14.3. The maximum atomic E-state index is 5.98. The molecule has 0 fully saturated rings. The molecule has 1 atom stereocenters. The molecule has 0 aliphatic heterocycles. The number of benzene rings is 1. The molecule has 3 rings (SSSR count). The minimum Gasteiger partial charge on any atom is -0.459 e. The molecule has 0 bridgehead atoms. The normalized spacial score (nSPS) is 12.5. The summed E-state index contributed by atoms with van der Waals surface area (Å²) in [6.45, 7) is 6.11. The summed E-state index contributed by atoms with van der Waals surface area (Å²) in [4.78, 5) is 7.65. The standard InChI is InChI=1S/C16H19N3OS.ClH/c1-3-19(10-13-9-18-16(17)21-13)11(2)15-8-12-6-4-5-7-14(12)20-15;/h4-9,11H,3,10H2,1-2H3,(H2,17,18);1H. The van der Waals surface area contributed by atoms with E-state index in [9.17, 15) is 0 Å². The summed E-state index contributed by atoms with van der Waals surface area (Å²) in [5.74, 6) is 0.996. The van der Waals surface area contributed by atoms with Gasteiger partial charge in [0.1, 0.15) is 11.3 Å². The first-order valence-electron chi connectivity index (χ1n) is 7.10. The van der Waals surface area contributed by atoms with Gasteiger partial charge in [-0.05, 0) is 25.6 Å². The van der Waals surface area contributed by atoms with Crippen LogP contribution in [0.1, 0.15) is 30.5 Å². The van der Waals surface area contributed by atoms with E-state index < -0.39 is 0 Å². The van der Waals surface area contributed by atoms with E-state index >= 15 is 0 Å². The van der Waals surface area contributed by atoms with Crippen LogP contribution in [0, 0.1) is 0 Å². The van der Waals surface area contributed by atoms with E-state index in [0.29, 0.717) is 5.13 Å². The van der Waals surface area contributed by atoms with Gasteiger partial charge in [-0.15, -0.1) is 23.7 Å². The van der Waals surface area contributed by atoms with Crippen LogP contribution in [-0.2, 0) is 6.54 Å². The molecule has 4 nitrogen and oxygen atoms in total. The minimum atomic E-state index is 0. The molecular formula is C16H20ClN3OS. The van der Waals surface area contributed by atoms with Crippen LogP contribution >= 0.6 is 23.7 Å². The first-order chi connectivity index (χ1) is 10.2. The fraction of sp³-hybridized carbons (Fsp3) is 0.312. The molecular weight excluding hydrogens is 318 g/mol. The molecule has 0 radical (unpaired) electrons. The lowest BCUT2D eigenvalue weighted by Crippen LogP contribution is -2.25. The molecule has 118 valence electrons. The third kappa shape index (κ3) is 3.43. The molecule has 2 N–H and O–H groups in total. The summed E-state index contributed by atoms with van der Waals surface area (Å²) in [6.07, 6.45) is 1.86. The number of hydrogen-bond donors (Lipinski definition) is 1. The Kier molecular flexibility index (Phi) is 5.45. The van der Waals surface area contributed by atoms with Crippen molar-refractivity contribution in [3.05, 3.63) is 47.2 Å². The molecule has 3 aromatic rings. The fourth-order valence-corrected chi connectivity index (χ4v) is 3.22. The molecule has 0 saturated carbocycles. The highest BCUT2D eigenvalue weighted by molar-refractivity contribution is 7.15. The molecule has 22 heavy (non-hydrogen) atoms. The lowest BCUT2D eigenvalue weighted by atomic mass is 10.2. The van der Waals surface area contributed by atoms with Crippen LogP contribution in [0.2, 0.25) is 0 Å². The highest BCUT2D eigenvalue weighted by atomic mass is 35.5. The maximum Gasteiger partial charge on any atom is 0.180 e. The number of anilines is 1. The molecule has 1 unspecified atom stereocenters. The summed E-state index contributed by atoms with van der Waals surface area (Å²) in [5.41, 5.74) is 6.65. The Morgan fingerprint density at radius 3 is 2.77 bits per heavy atom. The van der Waals surface area contributed by atoms with E-state index in [0.717, 1.165) is 29.8 Å². The number of fused-ring (bicyclic) bond motifs is 1. The zero-order chi connectivity index (χ0) is 14.8. The Balaban J connectivity index is 0.00000176. The SMILES string of the molecule is CCN(Cc1cnc(N)s1)C(C)c1cc2ccccc2o1.Cl. The number of rotatable bonds is 5. The topological polar surface area (TPSA) is 55.3 Å². The predicted octanol–water partition coefficient (Wildman–Crippen LogP) is 4.48. The fourth-order valence-electron chi connectivity index (χ4n) is 2.51. The molecule has 0 aliphatic rings. The summed E-state index contributed by atoms with van der Waals surface area (Å²) >= 11 is 1.54. The van der Waals surface area contributed by atoms with E-state index in [-0.39, 0.29) is 18.4 Å². The van der Waals surface area contributed by atoms with E-state index in [2.05, 4.69) is 35.9 Å². The van der Waals surface area contributed by atoms with Crippen molar-refractivity contribution < 1.29 is 4.42 Å². The van der Waals surface area contributed by atoms with Gasteiger partial charge in [0.15, 0.2) is 5.13 Å². The van der Waals surface area contributed by atoms with E-state index in [4.69, 9.17) is 10.2 Å². The molecule has 2 aromatic heterocycles. The number of para-hydroxylation sites is 1. The number of thiazole rings is 1. The first kappa shape index (κ1) is 16.8. The van der Waals surface area contributed by atoms with Crippen LogP contribution in [0.25, 0.3) is 11.0 Å². The predicted molar refractivity (Wildman–Crippen MR) is 94.5 cm³/mol. The van der Waals surface area contributed by atoms with Gasteiger partial charge in [0.05, 0.1) is 6.04 Å². The Bertz CT molecular complexity index is 707. The maximum absolute atomic E-state index is 5.98. The average molecular weight is 338 g/mol. The van der Waals surface area contributed by atoms with Crippen LogP contribution in [0.5, 0.6) is 0 Å². The Labute approximate surface area is 140 Å². The van der Waals surface area contributed by atoms with Crippen molar-refractivity contribution in [3.8, 4) is 0 Å². The summed E-state index contributed by atoms with van der Waals surface area (Å²) in [7, 11) is 0. The summed E-state index contributed by atoms with van der Waals surface area (Å²) < 4.78 is 5.98. The molecule has 0 spiro atoms. The number of hydrogen-bond acceptors (Lipinski definition) is 5. The molecule has 0 saturated heterocycles. The molecule has 0 aliphatic carbocycles. The largest absolute Gasteiger partial charge is 0.459 e. The number of nitrogens with two attached hydrogens (primary N) is 1. The number of nitrogens with zero attached hydrogens (tertiary/aromatic N) is 2. The van der Waals surface area contributed by atoms with Crippen molar-refractivity contribution in [2.75, 3.05) is 12.3 Å². The van der Waals surface area contributed by atoms with Gasteiger partial charge in [0.25, 0.3) is 0 Å². The molecule has 0 amide bonds. The second-order valence-electron chi connectivity index (χ2n) is 5.09. The van der Waals surface area contributed by atoms with Gasteiger partial charge in [-0.25, -0.2) is 4.98 Å². The van der Waals surface area contributed by atoms with Crippen LogP contribution in [0.3, 0.4) is 0 Å². The van der Waals surface area contributed by atoms with Crippen LogP contribution < -0.4 is 5.73 Å². The minimum absolute atomic E-state index is 0. The van der Waals surface area contributed by atoms with Gasteiger partial charge >= 0.3 is 0 Å². The Morgan fingerprint density at radius 2 is 2.14 bits per heavy atom.